The van der Waals surface area contributed by atoms with Crippen LogP contribution in [0.15, 0.2) is 59.3 Å². The molecular formula is C24H21N5O5S. The van der Waals surface area contributed by atoms with Crippen LogP contribution in [0.4, 0.5) is 21.1 Å². The molecule has 2 aromatic carbocycles. The van der Waals surface area contributed by atoms with Gasteiger partial charge >= 0.3 is 12.2 Å². The fourth-order valence-electron chi connectivity index (χ4n) is 3.48. The van der Waals surface area contributed by atoms with Crippen LogP contribution in [-0.2, 0) is 5.41 Å². The van der Waals surface area contributed by atoms with Gasteiger partial charge in [-0.25, -0.2) is 14.6 Å². The van der Waals surface area contributed by atoms with E-state index >= 15 is 0 Å². The van der Waals surface area contributed by atoms with Crippen LogP contribution in [0, 0.1) is 0 Å². The van der Waals surface area contributed by atoms with Crippen molar-refractivity contribution in [1.82, 2.24) is 14.5 Å². The number of carbonyl (C=O) groups excluding carboxylic acids is 1. The Hall–Kier alpha value is -4.38. The van der Waals surface area contributed by atoms with Gasteiger partial charge in [0, 0.05) is 35.0 Å². The van der Waals surface area contributed by atoms with Gasteiger partial charge in [0.05, 0.1) is 15.9 Å². The fourth-order valence-corrected chi connectivity index (χ4v) is 4.51. The topological polar surface area (TPSA) is 131 Å². The van der Waals surface area contributed by atoms with Gasteiger partial charge in [0.1, 0.15) is 11.5 Å². The first-order valence-electron chi connectivity index (χ1n) is 10.6. The number of benzene rings is 2. The van der Waals surface area contributed by atoms with Crippen LogP contribution in [0.3, 0.4) is 0 Å². The number of thiazole rings is 1. The fraction of sp³-hybridized carbons (Fsp3) is 0.167. The van der Waals surface area contributed by atoms with Crippen molar-refractivity contribution in [3.8, 4) is 17.0 Å². The van der Waals surface area contributed by atoms with Gasteiger partial charge in [0.25, 0.3) is 0 Å². The summed E-state index contributed by atoms with van der Waals surface area (Å²) in [6.45, 7) is 5.99. The van der Waals surface area contributed by atoms with Crippen molar-refractivity contribution in [3.05, 3.63) is 60.5 Å². The Morgan fingerprint density at radius 2 is 1.86 bits per heavy atom. The van der Waals surface area contributed by atoms with E-state index in [1.165, 1.54) is 11.3 Å². The summed E-state index contributed by atoms with van der Waals surface area (Å²) >= 11 is 1.43. The van der Waals surface area contributed by atoms with Crippen LogP contribution >= 0.6 is 11.3 Å². The minimum atomic E-state index is -1.35. The number of nitrogens with zero attached hydrogens (tertiary/aromatic N) is 3. The lowest BCUT2D eigenvalue weighted by molar-refractivity contribution is 0.144. The van der Waals surface area contributed by atoms with Gasteiger partial charge in [-0.3, -0.25) is 9.72 Å². The Labute approximate surface area is 203 Å². The molecule has 35 heavy (non-hydrogen) atoms. The van der Waals surface area contributed by atoms with Crippen molar-refractivity contribution in [3.63, 3.8) is 0 Å². The van der Waals surface area contributed by atoms with Crippen LogP contribution in [0.5, 0.6) is 5.75 Å². The van der Waals surface area contributed by atoms with Gasteiger partial charge in [-0.2, -0.15) is 0 Å². The second-order valence-corrected chi connectivity index (χ2v) is 9.87. The number of anilines is 2. The lowest BCUT2D eigenvalue weighted by Gasteiger charge is -2.12. The lowest BCUT2D eigenvalue weighted by Crippen LogP contribution is -2.19. The zero-order chi connectivity index (χ0) is 24.7. The standard InChI is InChI=1S/C24H21N5O5S/c1-24(2,3)19-11-20(28-34-19)27-21(30)25-14-6-4-13(5-7-14)16-12-29-17-9-8-15(33-23(31)32)10-18(17)35-22(29)26-16/h4-12H,1-3H3,(H,31,32)(H2,25,27,28,30). The Morgan fingerprint density at radius 1 is 1.09 bits per heavy atom. The average molecular weight is 492 g/mol. The molecule has 0 radical (unpaired) electrons. The SMILES string of the molecule is CC(C)(C)c1cc(NC(=O)Nc2ccc(-c3cn4c(n3)sc3cc(OC(=O)O)ccc34)cc2)no1. The van der Waals surface area contributed by atoms with E-state index in [1.54, 1.807) is 36.4 Å². The molecule has 0 atom stereocenters. The smallest absolute Gasteiger partial charge is 0.449 e. The minimum Gasteiger partial charge on any atom is -0.449 e. The number of nitrogens with one attached hydrogen (secondary N) is 2. The predicted octanol–water partition coefficient (Wildman–Crippen LogP) is 6.20. The van der Waals surface area contributed by atoms with Crippen molar-refractivity contribution in [1.29, 1.82) is 0 Å². The van der Waals surface area contributed by atoms with E-state index in [4.69, 9.17) is 14.4 Å². The zero-order valence-corrected chi connectivity index (χ0v) is 19.8. The van der Waals surface area contributed by atoms with Crippen LogP contribution in [0.25, 0.3) is 26.4 Å². The van der Waals surface area contributed by atoms with Gasteiger partial charge in [-0.1, -0.05) is 49.4 Å². The molecule has 0 fully saturated rings. The molecule has 0 unspecified atom stereocenters. The summed E-state index contributed by atoms with van der Waals surface area (Å²) in [7, 11) is 0. The van der Waals surface area contributed by atoms with Crippen molar-refractivity contribution >= 4 is 50.2 Å². The van der Waals surface area contributed by atoms with Crippen molar-refractivity contribution in [2.75, 3.05) is 10.6 Å². The number of ether oxygens (including phenoxy) is 1. The number of hydrogen-bond donors (Lipinski definition) is 3. The Morgan fingerprint density at radius 3 is 2.54 bits per heavy atom. The number of urea groups is 1. The molecule has 2 amide bonds. The highest BCUT2D eigenvalue weighted by Gasteiger charge is 2.20. The van der Waals surface area contributed by atoms with E-state index < -0.39 is 12.2 Å². The van der Waals surface area contributed by atoms with Gasteiger partial charge in [0.15, 0.2) is 10.8 Å². The summed E-state index contributed by atoms with van der Waals surface area (Å²) in [4.78, 5) is 28.5. The van der Waals surface area contributed by atoms with Gasteiger partial charge < -0.3 is 19.7 Å². The molecule has 0 bridgehead atoms. The van der Waals surface area contributed by atoms with E-state index in [0.717, 1.165) is 26.4 Å². The summed E-state index contributed by atoms with van der Waals surface area (Å²) in [5.41, 5.74) is 2.97. The number of rotatable bonds is 4. The van der Waals surface area contributed by atoms with Gasteiger partial charge in [-0.05, 0) is 24.3 Å². The van der Waals surface area contributed by atoms with E-state index in [2.05, 4.69) is 20.8 Å². The van der Waals surface area contributed by atoms with E-state index in [0.29, 0.717) is 17.3 Å². The maximum absolute atomic E-state index is 12.3. The molecule has 3 heterocycles. The summed E-state index contributed by atoms with van der Waals surface area (Å²) in [5, 5.41) is 18.1. The largest absolute Gasteiger partial charge is 0.511 e. The maximum atomic E-state index is 12.3. The highest BCUT2D eigenvalue weighted by atomic mass is 32.1. The molecular weight excluding hydrogens is 470 g/mol. The molecule has 10 nitrogen and oxygen atoms in total. The normalized spacial score (nSPS) is 11.6. The maximum Gasteiger partial charge on any atom is 0.511 e. The Bertz CT molecular complexity index is 1560. The molecule has 3 aromatic heterocycles. The third-order valence-electron chi connectivity index (χ3n) is 5.20. The Kier molecular flexibility index (Phi) is 5.40. The lowest BCUT2D eigenvalue weighted by atomic mass is 9.93. The van der Waals surface area contributed by atoms with Gasteiger partial charge in [0.2, 0.25) is 0 Å². The molecule has 178 valence electrons. The zero-order valence-electron chi connectivity index (χ0n) is 19.0. The molecule has 3 N–H and O–H groups in total. The molecule has 0 spiro atoms. The first-order valence-corrected chi connectivity index (χ1v) is 11.5. The van der Waals surface area contributed by atoms with E-state index in [9.17, 15) is 9.59 Å². The van der Waals surface area contributed by atoms with Gasteiger partial charge in [-0.15, -0.1) is 0 Å². The van der Waals surface area contributed by atoms with Crippen LogP contribution in [0.1, 0.15) is 26.5 Å². The monoisotopic (exact) mass is 491 g/mol. The first-order chi connectivity index (χ1) is 16.7. The quantitative estimate of drug-likeness (QED) is 0.201. The number of amides is 2. The molecule has 0 aliphatic rings. The highest BCUT2D eigenvalue weighted by molar-refractivity contribution is 7.23. The molecule has 0 saturated heterocycles. The number of hydrogen-bond acceptors (Lipinski definition) is 7. The average Bonchev–Trinajstić information content (AvgIpc) is 3.48. The predicted molar refractivity (Wildman–Crippen MR) is 133 cm³/mol. The summed E-state index contributed by atoms with van der Waals surface area (Å²) in [6.07, 6.45) is 0.564. The third kappa shape index (κ3) is 4.66. The molecule has 5 rings (SSSR count). The molecule has 0 saturated carbocycles. The molecule has 11 heteroatoms. The minimum absolute atomic E-state index is 0.204. The Balaban J connectivity index is 1.29. The van der Waals surface area contributed by atoms with Crippen LogP contribution < -0.4 is 15.4 Å². The van der Waals surface area contributed by atoms with Crippen LogP contribution in [-0.4, -0.2) is 31.8 Å². The highest BCUT2D eigenvalue weighted by Crippen LogP contribution is 2.32. The number of imidazole rings is 1. The van der Waals surface area contributed by atoms with E-state index in [-0.39, 0.29) is 11.2 Å². The number of aromatic nitrogens is 3. The number of fused-ring (bicyclic) bond motifs is 3. The number of carboxylic acid groups (broad SMARTS) is 1. The second kappa shape index (κ2) is 8.44. The van der Waals surface area contributed by atoms with Crippen molar-refractivity contribution < 1.29 is 24.0 Å². The second-order valence-electron chi connectivity index (χ2n) is 8.86. The molecule has 0 aliphatic heterocycles. The summed E-state index contributed by atoms with van der Waals surface area (Å²) in [6, 6.07) is 13.7. The van der Waals surface area contributed by atoms with Crippen LogP contribution in [0.2, 0.25) is 0 Å². The van der Waals surface area contributed by atoms with Crippen molar-refractivity contribution in [2.24, 2.45) is 0 Å². The number of carbonyl (C=O) groups is 2. The molecule has 0 aliphatic carbocycles. The summed E-state index contributed by atoms with van der Waals surface area (Å²) in [5.74, 6) is 1.29. The molecule has 5 aromatic rings. The summed E-state index contributed by atoms with van der Waals surface area (Å²) < 4.78 is 12.8. The van der Waals surface area contributed by atoms with Crippen molar-refractivity contribution in [2.45, 2.75) is 26.2 Å². The third-order valence-corrected chi connectivity index (χ3v) is 6.22. The first kappa shape index (κ1) is 22.4. The van der Waals surface area contributed by atoms with E-state index in [1.807, 2.05) is 43.5 Å².